The van der Waals surface area contributed by atoms with E-state index < -0.39 is 11.8 Å². The van der Waals surface area contributed by atoms with Crippen molar-refractivity contribution in [3.05, 3.63) is 52.6 Å². The molecule has 2 aromatic rings. The van der Waals surface area contributed by atoms with Gasteiger partial charge in [-0.05, 0) is 55.7 Å². The van der Waals surface area contributed by atoms with Crippen molar-refractivity contribution in [3.8, 4) is 11.5 Å². The predicted octanol–water partition coefficient (Wildman–Crippen LogP) is 1.57. The lowest BCUT2D eigenvalue weighted by molar-refractivity contribution is -0.137. The number of carbonyl (C=O) groups excluding carboxylic acids is 3. The average molecular weight is 412 g/mol. The summed E-state index contributed by atoms with van der Waals surface area (Å²) >= 11 is 0. The molecule has 158 valence electrons. The van der Waals surface area contributed by atoms with Gasteiger partial charge in [0.15, 0.2) is 18.1 Å². The zero-order valence-corrected chi connectivity index (χ0v) is 17.2. The van der Waals surface area contributed by atoms with E-state index in [1.54, 1.807) is 18.2 Å². The summed E-state index contributed by atoms with van der Waals surface area (Å²) in [7, 11) is 1.46. The van der Waals surface area contributed by atoms with Crippen LogP contribution in [0.15, 0.2) is 35.4 Å². The molecule has 0 atom stereocenters. The first-order valence-corrected chi connectivity index (χ1v) is 9.02. The minimum Gasteiger partial charge on any atom is -0.493 e. The fourth-order valence-corrected chi connectivity index (χ4v) is 2.80. The van der Waals surface area contributed by atoms with E-state index in [2.05, 4.69) is 10.4 Å². The quantitative estimate of drug-likeness (QED) is 0.361. The number of primary amides is 1. The Labute approximate surface area is 174 Å². The molecule has 4 N–H and O–H groups in total. The maximum Gasteiger partial charge on any atom is 0.329 e. The van der Waals surface area contributed by atoms with Crippen molar-refractivity contribution in [2.75, 3.05) is 19.0 Å². The maximum atomic E-state index is 12.3. The molecule has 9 nitrogen and oxygen atoms in total. The van der Waals surface area contributed by atoms with Gasteiger partial charge in [0.05, 0.1) is 13.3 Å². The van der Waals surface area contributed by atoms with E-state index in [1.807, 2.05) is 38.3 Å². The molecule has 0 fully saturated rings. The van der Waals surface area contributed by atoms with E-state index in [0.717, 1.165) is 22.4 Å². The van der Waals surface area contributed by atoms with Crippen LogP contribution in [0, 0.1) is 20.8 Å². The highest BCUT2D eigenvalue weighted by atomic mass is 16.5. The van der Waals surface area contributed by atoms with E-state index >= 15 is 0 Å². The largest absolute Gasteiger partial charge is 0.493 e. The van der Waals surface area contributed by atoms with Gasteiger partial charge in [-0.25, -0.2) is 5.43 Å². The Morgan fingerprint density at radius 1 is 1.07 bits per heavy atom. The normalized spacial score (nSPS) is 10.5. The van der Waals surface area contributed by atoms with Crippen LogP contribution in [0.25, 0.3) is 0 Å². The zero-order valence-electron chi connectivity index (χ0n) is 17.2. The molecule has 2 aromatic carbocycles. The summed E-state index contributed by atoms with van der Waals surface area (Å²) in [5.74, 6) is -1.73. The molecule has 0 spiro atoms. The third-order valence-electron chi connectivity index (χ3n) is 4.09. The van der Waals surface area contributed by atoms with Crippen LogP contribution in [0.3, 0.4) is 0 Å². The molecule has 0 unspecified atom stereocenters. The lowest BCUT2D eigenvalue weighted by Gasteiger charge is -2.14. The second kappa shape index (κ2) is 10.1. The van der Waals surface area contributed by atoms with Crippen molar-refractivity contribution in [1.82, 2.24) is 5.43 Å². The minimum atomic E-state index is -1.14. The van der Waals surface area contributed by atoms with Crippen LogP contribution in [0.4, 0.5) is 5.69 Å². The van der Waals surface area contributed by atoms with E-state index in [-0.39, 0.29) is 12.5 Å². The number of carbonyl (C=O) groups is 3. The number of methoxy groups -OCH3 is 1. The van der Waals surface area contributed by atoms with Crippen molar-refractivity contribution < 1.29 is 23.9 Å². The Morgan fingerprint density at radius 3 is 2.33 bits per heavy atom. The standard InChI is InChI=1S/C21H24N4O5/c1-12-7-13(2)19(14(3)8-12)24-18(26)11-30-16-6-5-15(9-17(16)29-4)10-23-25-21(28)20(22)27/h5-10H,11H2,1-4H3,(H2,22,27)(H,24,26)(H,25,28)/b23-10-. The number of benzene rings is 2. The third-order valence-corrected chi connectivity index (χ3v) is 4.09. The summed E-state index contributed by atoms with van der Waals surface area (Å²) in [5, 5.41) is 6.49. The van der Waals surface area contributed by atoms with Gasteiger partial charge in [0, 0.05) is 5.69 Å². The first kappa shape index (κ1) is 22.4. The Bertz CT molecular complexity index is 978. The van der Waals surface area contributed by atoms with Gasteiger partial charge in [-0.2, -0.15) is 5.10 Å². The molecule has 0 saturated carbocycles. The van der Waals surface area contributed by atoms with Crippen LogP contribution >= 0.6 is 0 Å². The SMILES string of the molecule is COc1cc(/C=N\NC(=O)C(N)=O)ccc1OCC(=O)Nc1c(C)cc(C)cc1C. The Balaban J connectivity index is 2.01. The van der Waals surface area contributed by atoms with Crippen LogP contribution in [-0.2, 0) is 14.4 Å². The van der Waals surface area contributed by atoms with Crippen LogP contribution in [0.2, 0.25) is 0 Å². The third kappa shape index (κ3) is 6.06. The second-order valence-electron chi connectivity index (χ2n) is 6.58. The molecule has 0 bridgehead atoms. The van der Waals surface area contributed by atoms with Gasteiger partial charge >= 0.3 is 11.8 Å². The van der Waals surface area contributed by atoms with Crippen LogP contribution in [0.1, 0.15) is 22.3 Å². The first-order valence-electron chi connectivity index (χ1n) is 9.02. The van der Waals surface area contributed by atoms with Gasteiger partial charge in [-0.1, -0.05) is 17.7 Å². The number of anilines is 1. The van der Waals surface area contributed by atoms with Crippen molar-refractivity contribution in [2.24, 2.45) is 10.8 Å². The number of hydrazone groups is 1. The highest BCUT2D eigenvalue weighted by molar-refractivity contribution is 6.34. The lowest BCUT2D eigenvalue weighted by atomic mass is 10.1. The van der Waals surface area contributed by atoms with Gasteiger partial charge in [-0.3, -0.25) is 14.4 Å². The van der Waals surface area contributed by atoms with E-state index in [4.69, 9.17) is 15.2 Å². The number of nitrogens with two attached hydrogens (primary N) is 1. The van der Waals surface area contributed by atoms with Gasteiger partial charge in [0.25, 0.3) is 5.91 Å². The average Bonchev–Trinajstić information content (AvgIpc) is 2.69. The van der Waals surface area contributed by atoms with Gasteiger partial charge in [0.2, 0.25) is 0 Å². The Morgan fingerprint density at radius 2 is 1.73 bits per heavy atom. The van der Waals surface area contributed by atoms with Crippen molar-refractivity contribution in [2.45, 2.75) is 20.8 Å². The topological polar surface area (TPSA) is 132 Å². The van der Waals surface area contributed by atoms with Gasteiger partial charge in [-0.15, -0.1) is 0 Å². The van der Waals surface area contributed by atoms with Crippen LogP contribution in [-0.4, -0.2) is 37.7 Å². The molecule has 2 rings (SSSR count). The molecule has 3 amide bonds. The Kier molecular flexibility index (Phi) is 7.51. The fourth-order valence-electron chi connectivity index (χ4n) is 2.80. The molecule has 0 aliphatic rings. The van der Waals surface area contributed by atoms with Gasteiger partial charge < -0.3 is 20.5 Å². The molecule has 0 aliphatic heterocycles. The number of rotatable bonds is 7. The van der Waals surface area contributed by atoms with E-state index in [0.29, 0.717) is 17.1 Å². The molecule has 30 heavy (non-hydrogen) atoms. The maximum absolute atomic E-state index is 12.3. The number of nitrogens with one attached hydrogen (secondary N) is 2. The number of hydrogen-bond acceptors (Lipinski definition) is 6. The summed E-state index contributed by atoms with van der Waals surface area (Å²) in [6.45, 7) is 5.67. The highest BCUT2D eigenvalue weighted by Gasteiger charge is 2.12. The Hall–Kier alpha value is -3.88. The molecule has 0 aromatic heterocycles. The predicted molar refractivity (Wildman–Crippen MR) is 113 cm³/mol. The number of hydrogen-bond donors (Lipinski definition) is 3. The number of ether oxygens (including phenoxy) is 2. The van der Waals surface area contributed by atoms with Crippen LogP contribution in [0.5, 0.6) is 11.5 Å². The minimum absolute atomic E-state index is 0.203. The smallest absolute Gasteiger partial charge is 0.329 e. The monoisotopic (exact) mass is 412 g/mol. The summed E-state index contributed by atoms with van der Waals surface area (Å²) in [5.41, 5.74) is 11.2. The van der Waals surface area contributed by atoms with E-state index in [1.165, 1.54) is 13.3 Å². The molecule has 0 saturated heterocycles. The summed E-state index contributed by atoms with van der Waals surface area (Å²) in [6.07, 6.45) is 1.31. The molecular formula is C21H24N4O5. The van der Waals surface area contributed by atoms with Gasteiger partial charge in [0.1, 0.15) is 0 Å². The van der Waals surface area contributed by atoms with Crippen molar-refractivity contribution in [1.29, 1.82) is 0 Å². The second-order valence-corrected chi connectivity index (χ2v) is 6.58. The first-order chi connectivity index (χ1) is 14.2. The summed E-state index contributed by atoms with van der Waals surface area (Å²) in [6, 6.07) is 8.84. The van der Waals surface area contributed by atoms with Crippen molar-refractivity contribution >= 4 is 29.6 Å². The number of aryl methyl sites for hydroxylation is 3. The lowest BCUT2D eigenvalue weighted by Crippen LogP contribution is -2.32. The number of nitrogens with zero attached hydrogens (tertiary/aromatic N) is 1. The molecular weight excluding hydrogens is 388 g/mol. The van der Waals surface area contributed by atoms with E-state index in [9.17, 15) is 14.4 Å². The van der Waals surface area contributed by atoms with Crippen molar-refractivity contribution in [3.63, 3.8) is 0 Å². The summed E-state index contributed by atoms with van der Waals surface area (Å²) < 4.78 is 10.9. The van der Waals surface area contributed by atoms with Crippen LogP contribution < -0.4 is 25.9 Å². The molecule has 0 heterocycles. The molecule has 9 heteroatoms. The number of amides is 3. The molecule has 0 aliphatic carbocycles. The highest BCUT2D eigenvalue weighted by Crippen LogP contribution is 2.28. The zero-order chi connectivity index (χ0) is 22.3. The molecule has 0 radical (unpaired) electrons. The fraction of sp³-hybridized carbons (Fsp3) is 0.238. The summed E-state index contributed by atoms with van der Waals surface area (Å²) in [4.78, 5) is 34.0.